The van der Waals surface area contributed by atoms with Crippen molar-refractivity contribution in [2.24, 2.45) is 0 Å². The van der Waals surface area contributed by atoms with Crippen molar-refractivity contribution < 1.29 is 33.3 Å². The van der Waals surface area contributed by atoms with Crippen LogP contribution in [0.3, 0.4) is 0 Å². The molecule has 1 aliphatic heterocycles. The highest BCUT2D eigenvalue weighted by molar-refractivity contribution is 5.99. The van der Waals surface area contributed by atoms with Crippen molar-refractivity contribution in [3.8, 4) is 11.5 Å². The van der Waals surface area contributed by atoms with E-state index in [1.807, 2.05) is 0 Å². The Balaban J connectivity index is 1.60. The molecule has 2 heterocycles. The van der Waals surface area contributed by atoms with E-state index in [9.17, 15) is 14.4 Å². The van der Waals surface area contributed by atoms with Gasteiger partial charge in [0.2, 0.25) is 0 Å². The molecule has 1 aromatic carbocycles. The Morgan fingerprint density at radius 2 is 1.80 bits per heavy atom. The third-order valence-corrected chi connectivity index (χ3v) is 4.49. The van der Waals surface area contributed by atoms with E-state index in [4.69, 9.17) is 18.9 Å². The van der Waals surface area contributed by atoms with E-state index in [1.54, 1.807) is 39.0 Å². The minimum Gasteiger partial charge on any atom is -0.490 e. The summed E-state index contributed by atoms with van der Waals surface area (Å²) < 4.78 is 21.2. The number of esters is 2. The molecule has 0 fully saturated rings. The van der Waals surface area contributed by atoms with Crippen LogP contribution >= 0.6 is 0 Å². The number of carbonyl (C=O) groups is 3. The molecule has 1 amide bonds. The van der Waals surface area contributed by atoms with Gasteiger partial charge in [-0.25, -0.2) is 9.59 Å². The van der Waals surface area contributed by atoms with E-state index in [0.29, 0.717) is 47.2 Å². The lowest BCUT2D eigenvalue weighted by Gasteiger charge is -2.10. The first-order chi connectivity index (χ1) is 14.4. The lowest BCUT2D eigenvalue weighted by Crippen LogP contribution is -2.21. The maximum atomic E-state index is 12.4. The zero-order chi connectivity index (χ0) is 21.7. The number of aromatic nitrogens is 1. The van der Waals surface area contributed by atoms with Gasteiger partial charge in [-0.15, -0.1) is 0 Å². The number of nitrogens with one attached hydrogen (secondary N) is 2. The maximum absolute atomic E-state index is 12.4. The van der Waals surface area contributed by atoms with Crippen LogP contribution < -0.4 is 14.8 Å². The molecule has 1 aromatic heterocycles. The van der Waals surface area contributed by atoms with Crippen molar-refractivity contribution in [1.29, 1.82) is 0 Å². The predicted molar refractivity (Wildman–Crippen MR) is 107 cm³/mol. The van der Waals surface area contributed by atoms with Gasteiger partial charge in [0.1, 0.15) is 5.69 Å². The normalized spacial score (nSPS) is 12.6. The van der Waals surface area contributed by atoms with Crippen LogP contribution in [0.2, 0.25) is 0 Å². The van der Waals surface area contributed by atoms with E-state index >= 15 is 0 Å². The van der Waals surface area contributed by atoms with Crippen molar-refractivity contribution in [3.05, 3.63) is 40.7 Å². The van der Waals surface area contributed by atoms with E-state index in [0.717, 1.165) is 6.42 Å². The van der Waals surface area contributed by atoms with Gasteiger partial charge in [-0.05, 0) is 38.5 Å². The second-order valence-electron chi connectivity index (χ2n) is 6.68. The van der Waals surface area contributed by atoms with Crippen LogP contribution in [-0.2, 0) is 14.3 Å². The Hall–Kier alpha value is -3.49. The number of H-pyrrole nitrogens is 1. The molecule has 0 atom stereocenters. The molecule has 1 aliphatic rings. The second-order valence-corrected chi connectivity index (χ2v) is 6.68. The minimum atomic E-state index is -0.736. The van der Waals surface area contributed by atoms with Crippen LogP contribution in [0.4, 0.5) is 5.69 Å². The summed E-state index contributed by atoms with van der Waals surface area (Å²) in [6.07, 6.45) is 0.780. The monoisotopic (exact) mass is 416 g/mol. The third kappa shape index (κ3) is 4.73. The van der Waals surface area contributed by atoms with Gasteiger partial charge < -0.3 is 29.2 Å². The largest absolute Gasteiger partial charge is 0.490 e. The SMILES string of the molecule is CCOC(=O)c1c(C)[nH]c(C(=O)OCC(=O)Nc2ccc3c(c2)OCCCO3)c1C. The Morgan fingerprint density at radius 3 is 2.53 bits per heavy atom. The fourth-order valence-electron chi connectivity index (χ4n) is 3.10. The van der Waals surface area contributed by atoms with Crippen LogP contribution in [0.1, 0.15) is 45.4 Å². The summed E-state index contributed by atoms with van der Waals surface area (Å²) in [5.41, 5.74) is 1.81. The molecular formula is C21H24N2O7. The molecule has 0 spiro atoms. The molecule has 3 rings (SSSR count). The van der Waals surface area contributed by atoms with Gasteiger partial charge in [-0.3, -0.25) is 4.79 Å². The highest BCUT2D eigenvalue weighted by Gasteiger charge is 2.24. The zero-order valence-electron chi connectivity index (χ0n) is 17.1. The molecule has 0 radical (unpaired) electrons. The van der Waals surface area contributed by atoms with Gasteiger partial charge in [0.25, 0.3) is 5.91 Å². The number of carbonyl (C=O) groups excluding carboxylic acids is 3. The number of benzene rings is 1. The van der Waals surface area contributed by atoms with Crippen LogP contribution in [0, 0.1) is 13.8 Å². The molecule has 9 nitrogen and oxygen atoms in total. The van der Waals surface area contributed by atoms with Crippen molar-refractivity contribution >= 4 is 23.5 Å². The number of fused-ring (bicyclic) bond motifs is 1. The topological polar surface area (TPSA) is 116 Å². The Bertz CT molecular complexity index is 965. The molecule has 30 heavy (non-hydrogen) atoms. The molecule has 0 saturated carbocycles. The van der Waals surface area contributed by atoms with Crippen molar-refractivity contribution in [2.75, 3.05) is 31.7 Å². The average Bonchev–Trinajstić information content (AvgIpc) is 2.87. The summed E-state index contributed by atoms with van der Waals surface area (Å²) in [4.78, 5) is 39.4. The lowest BCUT2D eigenvalue weighted by atomic mass is 10.1. The van der Waals surface area contributed by atoms with E-state index in [1.165, 1.54) is 0 Å². The summed E-state index contributed by atoms with van der Waals surface area (Å²) >= 11 is 0. The zero-order valence-corrected chi connectivity index (χ0v) is 17.1. The summed E-state index contributed by atoms with van der Waals surface area (Å²) in [5.74, 6) is -0.600. The van der Waals surface area contributed by atoms with E-state index in [-0.39, 0.29) is 12.3 Å². The first-order valence-corrected chi connectivity index (χ1v) is 9.63. The molecular weight excluding hydrogens is 392 g/mol. The Labute approximate surface area is 173 Å². The minimum absolute atomic E-state index is 0.110. The van der Waals surface area contributed by atoms with Crippen LogP contribution in [0.15, 0.2) is 18.2 Å². The van der Waals surface area contributed by atoms with Gasteiger partial charge in [0, 0.05) is 23.9 Å². The fourth-order valence-corrected chi connectivity index (χ4v) is 3.10. The molecule has 0 saturated heterocycles. The fraction of sp³-hybridized carbons (Fsp3) is 0.381. The standard InChI is InChI=1S/C21H24N2O7/c1-4-27-20(25)18-12(2)19(22-13(18)3)21(26)30-11-17(24)23-14-6-7-15-16(10-14)29-9-5-8-28-15/h6-7,10,22H,4-5,8-9,11H2,1-3H3,(H,23,24). The number of ether oxygens (including phenoxy) is 4. The molecule has 0 aliphatic carbocycles. The number of rotatable bonds is 6. The highest BCUT2D eigenvalue weighted by atomic mass is 16.5. The molecule has 0 unspecified atom stereocenters. The first-order valence-electron chi connectivity index (χ1n) is 9.63. The molecule has 2 aromatic rings. The van der Waals surface area contributed by atoms with Crippen molar-refractivity contribution in [1.82, 2.24) is 4.98 Å². The maximum Gasteiger partial charge on any atom is 0.355 e. The number of hydrogen-bond donors (Lipinski definition) is 2. The number of anilines is 1. The average molecular weight is 416 g/mol. The van der Waals surface area contributed by atoms with E-state index < -0.39 is 24.5 Å². The number of amides is 1. The van der Waals surface area contributed by atoms with Gasteiger partial charge >= 0.3 is 11.9 Å². The van der Waals surface area contributed by atoms with E-state index in [2.05, 4.69) is 10.3 Å². The Morgan fingerprint density at radius 1 is 1.07 bits per heavy atom. The second kappa shape index (κ2) is 9.34. The number of hydrogen-bond acceptors (Lipinski definition) is 7. The van der Waals surface area contributed by atoms with Crippen LogP contribution in [-0.4, -0.2) is 49.3 Å². The smallest absolute Gasteiger partial charge is 0.355 e. The summed E-state index contributed by atoms with van der Waals surface area (Å²) in [6, 6.07) is 5.05. The summed E-state index contributed by atoms with van der Waals surface area (Å²) in [7, 11) is 0. The first kappa shape index (κ1) is 21.2. The highest BCUT2D eigenvalue weighted by Crippen LogP contribution is 2.32. The van der Waals surface area contributed by atoms with Crippen LogP contribution in [0.5, 0.6) is 11.5 Å². The van der Waals surface area contributed by atoms with Crippen molar-refractivity contribution in [2.45, 2.75) is 27.2 Å². The number of aryl methyl sites for hydroxylation is 1. The summed E-state index contributed by atoms with van der Waals surface area (Å²) in [5, 5.41) is 2.65. The molecule has 9 heteroatoms. The van der Waals surface area contributed by atoms with Gasteiger partial charge in [-0.2, -0.15) is 0 Å². The number of aromatic amines is 1. The molecule has 160 valence electrons. The van der Waals surface area contributed by atoms with Crippen LogP contribution in [0.25, 0.3) is 0 Å². The third-order valence-electron chi connectivity index (χ3n) is 4.49. The van der Waals surface area contributed by atoms with Gasteiger partial charge in [-0.1, -0.05) is 0 Å². The van der Waals surface area contributed by atoms with Gasteiger partial charge in [0.15, 0.2) is 18.1 Å². The quantitative estimate of drug-likeness (QED) is 0.696. The molecule has 0 bridgehead atoms. The van der Waals surface area contributed by atoms with Crippen molar-refractivity contribution in [3.63, 3.8) is 0 Å². The lowest BCUT2D eigenvalue weighted by molar-refractivity contribution is -0.119. The summed E-state index contributed by atoms with van der Waals surface area (Å²) in [6.45, 7) is 5.82. The molecule has 2 N–H and O–H groups in total. The predicted octanol–water partition coefficient (Wildman–Crippen LogP) is 2.77. The Kier molecular flexibility index (Phi) is 6.61. The van der Waals surface area contributed by atoms with Gasteiger partial charge in [0.05, 0.1) is 25.4 Å².